The third kappa shape index (κ3) is 8.57. The standard InChI is InChI=1S/C40H52F3N5O9S/c1-6-17-56-31-21-44-34(29-14-10-9-13-28(29)31)57-27-19-30-33(49)45-39(36(51)46-58(54,55)38(5)15-16-38)20-26(39)12-8-7-11-23(2)18-24(3)32(35(50)47(30)22-27)48(37(52)53)25(4)40(41,42)43/h8-10,12-14,21,23-27,30,32H,6-7,11,15-20,22H2,1-5H3,(H,45,49)(H,46,51)(H,52,53)/t23-,24-,25-,26-,27-,30+,32+,39-/m1/s1. The molecule has 1 saturated heterocycles. The third-order valence-electron chi connectivity index (χ3n) is 12.1. The van der Waals surface area contributed by atoms with Crippen molar-refractivity contribution in [2.75, 3.05) is 13.2 Å². The maximum Gasteiger partial charge on any atom is 0.408 e. The van der Waals surface area contributed by atoms with Crippen LogP contribution in [0.25, 0.3) is 10.8 Å². The topological polar surface area (TPSA) is 185 Å². The predicted octanol–water partition coefficient (Wildman–Crippen LogP) is 5.56. The fraction of sp³-hybridized carbons (Fsp3) is 0.625. The van der Waals surface area contributed by atoms with Crippen molar-refractivity contribution in [2.24, 2.45) is 17.8 Å². The van der Waals surface area contributed by atoms with Crippen molar-refractivity contribution in [3.63, 3.8) is 0 Å². The molecule has 4 amide bonds. The summed E-state index contributed by atoms with van der Waals surface area (Å²) >= 11 is 0. The average Bonchev–Trinajstić information content (AvgIpc) is 4.04. The van der Waals surface area contributed by atoms with Crippen molar-refractivity contribution in [3.05, 3.63) is 42.6 Å². The number of benzene rings is 1. The molecule has 2 aliphatic heterocycles. The van der Waals surface area contributed by atoms with Gasteiger partial charge in [0, 0.05) is 23.1 Å². The van der Waals surface area contributed by atoms with Gasteiger partial charge < -0.3 is 24.8 Å². The molecular formula is C40H52F3N5O9S. The summed E-state index contributed by atoms with van der Waals surface area (Å²) in [4.78, 5) is 61.7. The summed E-state index contributed by atoms with van der Waals surface area (Å²) in [7, 11) is -4.11. The molecule has 318 valence electrons. The quantitative estimate of drug-likeness (QED) is 0.256. The number of hydrogen-bond acceptors (Lipinski definition) is 9. The smallest absolute Gasteiger partial charge is 0.408 e. The highest BCUT2D eigenvalue weighted by molar-refractivity contribution is 7.91. The van der Waals surface area contributed by atoms with Crippen molar-refractivity contribution in [1.29, 1.82) is 0 Å². The van der Waals surface area contributed by atoms with Crippen molar-refractivity contribution in [2.45, 2.75) is 127 Å². The minimum absolute atomic E-state index is 0.0569. The van der Waals surface area contributed by atoms with E-state index in [1.165, 1.54) is 20.0 Å². The highest BCUT2D eigenvalue weighted by Crippen LogP contribution is 2.48. The van der Waals surface area contributed by atoms with Gasteiger partial charge in [-0.3, -0.25) is 24.0 Å². The number of carboxylic acid groups (broad SMARTS) is 1. The van der Waals surface area contributed by atoms with Crippen LogP contribution in [0.2, 0.25) is 0 Å². The minimum atomic E-state index is -5.03. The van der Waals surface area contributed by atoms with Gasteiger partial charge in [-0.1, -0.05) is 51.1 Å². The average molecular weight is 836 g/mol. The Bertz CT molecular complexity index is 2060. The Morgan fingerprint density at radius 2 is 1.84 bits per heavy atom. The number of sulfonamides is 1. The van der Waals surface area contributed by atoms with Crippen LogP contribution in [0.15, 0.2) is 42.6 Å². The molecule has 2 aliphatic carbocycles. The van der Waals surface area contributed by atoms with Crippen LogP contribution in [0.4, 0.5) is 18.0 Å². The maximum atomic E-state index is 14.9. The molecule has 0 bridgehead atoms. The zero-order valence-electron chi connectivity index (χ0n) is 33.3. The second-order valence-electron chi connectivity index (χ2n) is 16.6. The molecule has 14 nitrogen and oxygen atoms in total. The number of aromatic nitrogens is 1. The number of carbonyl (C=O) groups is 4. The fourth-order valence-corrected chi connectivity index (χ4v) is 9.49. The summed E-state index contributed by atoms with van der Waals surface area (Å²) in [6.45, 7) is 7.62. The second kappa shape index (κ2) is 16.2. The molecule has 2 saturated carbocycles. The van der Waals surface area contributed by atoms with Crippen LogP contribution in [0.3, 0.4) is 0 Å². The number of carbonyl (C=O) groups excluding carboxylic acids is 3. The first-order chi connectivity index (χ1) is 27.2. The number of nitrogens with zero attached hydrogens (tertiary/aromatic N) is 3. The molecule has 3 N–H and O–H groups in total. The van der Waals surface area contributed by atoms with Crippen LogP contribution in [0.1, 0.15) is 86.0 Å². The number of rotatable bonds is 10. The molecule has 1 aromatic carbocycles. The molecule has 18 heteroatoms. The number of pyridine rings is 1. The third-order valence-corrected chi connectivity index (χ3v) is 14.2. The van der Waals surface area contributed by atoms with E-state index < -0.39 is 86.4 Å². The van der Waals surface area contributed by atoms with Crippen molar-refractivity contribution in [3.8, 4) is 11.6 Å². The molecule has 8 atom stereocenters. The van der Waals surface area contributed by atoms with Crippen molar-refractivity contribution >= 4 is 44.6 Å². The fourth-order valence-electron chi connectivity index (χ4n) is 8.17. The van der Waals surface area contributed by atoms with E-state index >= 15 is 0 Å². The van der Waals surface area contributed by atoms with E-state index in [4.69, 9.17) is 9.47 Å². The molecule has 3 heterocycles. The van der Waals surface area contributed by atoms with E-state index in [2.05, 4.69) is 15.0 Å². The molecular weight excluding hydrogens is 784 g/mol. The van der Waals surface area contributed by atoms with Crippen LogP contribution in [-0.4, -0.2) is 106 Å². The Morgan fingerprint density at radius 1 is 1.16 bits per heavy atom. The Balaban J connectivity index is 1.40. The number of ether oxygens (including phenoxy) is 2. The summed E-state index contributed by atoms with van der Waals surface area (Å²) in [5.41, 5.74) is -1.71. The zero-order chi connectivity index (χ0) is 42.4. The van der Waals surface area contributed by atoms with E-state index in [1.807, 2.05) is 26.0 Å². The van der Waals surface area contributed by atoms with Gasteiger partial charge in [0.25, 0.3) is 5.91 Å². The summed E-state index contributed by atoms with van der Waals surface area (Å²) in [5.74, 6) is -3.90. The number of allylic oxidation sites excluding steroid dienone is 1. The monoisotopic (exact) mass is 835 g/mol. The Hall–Kier alpha value is -4.61. The van der Waals surface area contributed by atoms with Gasteiger partial charge in [-0.05, 0) is 76.7 Å². The van der Waals surface area contributed by atoms with E-state index in [9.17, 15) is 45.9 Å². The number of hydrogen-bond donors (Lipinski definition) is 3. The summed E-state index contributed by atoms with van der Waals surface area (Å²) < 4.78 is 82.7. The van der Waals surface area contributed by atoms with Crippen LogP contribution < -0.4 is 19.5 Å². The first-order valence-electron chi connectivity index (χ1n) is 19.8. The van der Waals surface area contributed by atoms with Crippen LogP contribution in [-0.2, 0) is 24.4 Å². The lowest BCUT2D eigenvalue weighted by Gasteiger charge is -2.40. The SMILES string of the molecule is CCCOc1cnc(O[C@@H]2C[C@H]3C(=O)N[C@]4(C(=O)NS(=O)(=O)C5(C)CC5)C[C@H]4C=CCC[C@@H](C)C[C@@H](C)[C@H](N(C(=O)O)[C@H](C)C(F)(F)F)C(=O)N3C2)c2ccccc12. The van der Waals surface area contributed by atoms with E-state index in [0.717, 1.165) is 11.3 Å². The van der Waals surface area contributed by atoms with E-state index in [-0.39, 0.29) is 42.5 Å². The molecule has 0 spiro atoms. The molecule has 2 aromatic rings. The normalized spacial score (nSPS) is 29.2. The molecule has 3 fully saturated rings. The van der Waals surface area contributed by atoms with Gasteiger partial charge in [0.1, 0.15) is 35.5 Å². The number of alkyl halides is 3. The maximum absolute atomic E-state index is 14.9. The van der Waals surface area contributed by atoms with Gasteiger partial charge >= 0.3 is 12.3 Å². The second-order valence-corrected chi connectivity index (χ2v) is 18.8. The lowest BCUT2D eigenvalue weighted by molar-refractivity contribution is -0.184. The lowest BCUT2D eigenvalue weighted by Crippen LogP contribution is -2.62. The Morgan fingerprint density at radius 3 is 2.48 bits per heavy atom. The van der Waals surface area contributed by atoms with Gasteiger partial charge in [0.15, 0.2) is 0 Å². The highest BCUT2D eigenvalue weighted by atomic mass is 32.2. The predicted molar refractivity (Wildman–Crippen MR) is 206 cm³/mol. The lowest BCUT2D eigenvalue weighted by atomic mass is 9.86. The molecule has 4 aliphatic rings. The molecule has 0 radical (unpaired) electrons. The van der Waals surface area contributed by atoms with Crippen molar-refractivity contribution < 1.29 is 55.3 Å². The van der Waals surface area contributed by atoms with Crippen LogP contribution in [0.5, 0.6) is 11.6 Å². The number of nitrogens with one attached hydrogen (secondary N) is 2. The van der Waals surface area contributed by atoms with Crippen LogP contribution >= 0.6 is 0 Å². The molecule has 58 heavy (non-hydrogen) atoms. The number of amides is 4. The first-order valence-corrected chi connectivity index (χ1v) is 21.3. The zero-order valence-corrected chi connectivity index (χ0v) is 34.1. The summed E-state index contributed by atoms with van der Waals surface area (Å²) in [6.07, 6.45) is -0.456. The van der Waals surface area contributed by atoms with Gasteiger partial charge in [0.05, 0.1) is 24.1 Å². The van der Waals surface area contributed by atoms with E-state index in [0.29, 0.717) is 55.7 Å². The highest BCUT2D eigenvalue weighted by Gasteiger charge is 2.63. The first kappa shape index (κ1) is 43.0. The largest absolute Gasteiger partial charge is 0.491 e. The van der Waals surface area contributed by atoms with Gasteiger partial charge in [-0.25, -0.2) is 18.2 Å². The minimum Gasteiger partial charge on any atom is -0.491 e. The number of halogens is 3. The summed E-state index contributed by atoms with van der Waals surface area (Å²) in [5, 5.41) is 14.3. The Labute approximate surface area is 335 Å². The van der Waals surface area contributed by atoms with Crippen LogP contribution in [0, 0.1) is 17.8 Å². The van der Waals surface area contributed by atoms with Gasteiger partial charge in [0.2, 0.25) is 27.7 Å². The molecule has 6 rings (SSSR count). The van der Waals surface area contributed by atoms with Gasteiger partial charge in [-0.15, -0.1) is 0 Å². The van der Waals surface area contributed by atoms with E-state index in [1.54, 1.807) is 24.3 Å². The van der Waals surface area contributed by atoms with Gasteiger partial charge in [-0.2, -0.15) is 13.2 Å². The Kier molecular flexibility index (Phi) is 12.0. The molecule has 1 aromatic heterocycles. The van der Waals surface area contributed by atoms with Crippen molar-refractivity contribution in [1.82, 2.24) is 24.8 Å². The summed E-state index contributed by atoms with van der Waals surface area (Å²) in [6, 6.07) is 1.23. The molecule has 0 unspecified atom stereocenters. The number of fused-ring (bicyclic) bond motifs is 3.